The first-order valence-electron chi connectivity index (χ1n) is 12.6. The molecule has 1 fully saturated rings. The normalized spacial score (nSPS) is 14.9. The van der Waals surface area contributed by atoms with Gasteiger partial charge in [0.1, 0.15) is 18.0 Å². The predicted octanol–water partition coefficient (Wildman–Crippen LogP) is 4.67. The van der Waals surface area contributed by atoms with Gasteiger partial charge in [0.25, 0.3) is 0 Å². The van der Waals surface area contributed by atoms with Crippen LogP contribution < -0.4 is 11.1 Å². The number of nitrogens with one attached hydrogen (secondary N) is 3. The Morgan fingerprint density at radius 2 is 2.08 bits per heavy atom. The zero-order valence-corrected chi connectivity index (χ0v) is 21.9. The lowest BCUT2D eigenvalue weighted by atomic mass is 9.90. The summed E-state index contributed by atoms with van der Waals surface area (Å²) in [5.41, 5.74) is 9.30. The predicted molar refractivity (Wildman–Crippen MR) is 148 cm³/mol. The van der Waals surface area contributed by atoms with E-state index < -0.39 is 0 Å². The second-order valence-electron chi connectivity index (χ2n) is 9.87. The van der Waals surface area contributed by atoms with Gasteiger partial charge in [-0.2, -0.15) is 5.10 Å². The van der Waals surface area contributed by atoms with Gasteiger partial charge < -0.3 is 16.0 Å². The maximum Gasteiger partial charge on any atom is 0.141 e. The highest BCUT2D eigenvalue weighted by atomic mass is 35.5. The van der Waals surface area contributed by atoms with E-state index in [9.17, 15) is 0 Å². The van der Waals surface area contributed by atoms with Crippen LogP contribution in [0.15, 0.2) is 43.0 Å². The number of halogens is 1. The van der Waals surface area contributed by atoms with E-state index in [4.69, 9.17) is 27.7 Å². The van der Waals surface area contributed by atoms with Crippen molar-refractivity contribution in [1.82, 2.24) is 30.0 Å². The molecule has 5 rings (SSSR count). The number of benzene rings is 1. The molecule has 1 saturated heterocycles. The molecule has 3 aromatic heterocycles. The summed E-state index contributed by atoms with van der Waals surface area (Å²) in [6.45, 7) is 7.19. The zero-order chi connectivity index (χ0) is 25.9. The van der Waals surface area contributed by atoms with Gasteiger partial charge in [0.05, 0.1) is 40.4 Å². The van der Waals surface area contributed by atoms with E-state index >= 15 is 0 Å². The molecular formula is C27H32ClN9. The molecule has 0 radical (unpaired) electrons. The summed E-state index contributed by atoms with van der Waals surface area (Å²) in [5.74, 6) is 1.29. The van der Waals surface area contributed by atoms with Crippen LogP contribution in [0.5, 0.6) is 0 Å². The first-order valence-corrected chi connectivity index (χ1v) is 13.0. The molecule has 4 heterocycles. The first-order chi connectivity index (χ1) is 17.9. The number of piperidine rings is 1. The topological polar surface area (TPSA) is 132 Å². The Bertz CT molecular complexity index is 1390. The number of pyridine rings is 1. The average molecular weight is 518 g/mol. The maximum atomic E-state index is 8.61. The number of aromatic amines is 1. The number of rotatable bonds is 8. The van der Waals surface area contributed by atoms with Gasteiger partial charge in [0, 0.05) is 23.2 Å². The Kier molecular flexibility index (Phi) is 7.34. The molecule has 9 nitrogen and oxygen atoms in total. The number of nitrogen functional groups attached to an aromatic ring is 1. The van der Waals surface area contributed by atoms with E-state index in [0.717, 1.165) is 59.5 Å². The van der Waals surface area contributed by atoms with Gasteiger partial charge in [0.15, 0.2) is 0 Å². The van der Waals surface area contributed by atoms with Crippen molar-refractivity contribution in [2.45, 2.75) is 45.7 Å². The van der Waals surface area contributed by atoms with Crippen LogP contribution >= 0.6 is 11.6 Å². The summed E-state index contributed by atoms with van der Waals surface area (Å²) in [7, 11) is 0. The van der Waals surface area contributed by atoms with E-state index in [1.54, 1.807) is 12.4 Å². The molecule has 1 aromatic carbocycles. The van der Waals surface area contributed by atoms with Gasteiger partial charge in [0.2, 0.25) is 0 Å². The molecule has 192 valence electrons. The standard InChI is InChI=1S/C27H32ClN9/c1-16(2)37-8-6-17(7-9-37)10-22-23-18(4-3-5-21(23)28)11-20(36-22)14-31-27-24(26(30)32-15-33-27)25(29)19-12-34-35-13-19/h3-5,11-13,15-17,29H,6-10,14H2,1-2H3,(H,34,35)(H3,30,31,32,33). The van der Waals surface area contributed by atoms with Crippen LogP contribution in [-0.4, -0.2) is 54.9 Å². The molecule has 0 aliphatic carbocycles. The van der Waals surface area contributed by atoms with Gasteiger partial charge in [-0.15, -0.1) is 0 Å². The maximum absolute atomic E-state index is 8.61. The molecule has 0 saturated carbocycles. The lowest BCUT2D eigenvalue weighted by molar-refractivity contribution is 0.149. The number of fused-ring (bicyclic) bond motifs is 1. The summed E-state index contributed by atoms with van der Waals surface area (Å²) in [6, 6.07) is 8.64. The number of H-pyrrole nitrogens is 1. The number of nitrogens with zero attached hydrogens (tertiary/aromatic N) is 5. The molecule has 0 amide bonds. The van der Waals surface area contributed by atoms with Crippen molar-refractivity contribution in [1.29, 1.82) is 5.41 Å². The van der Waals surface area contributed by atoms with Crippen LogP contribution in [0.25, 0.3) is 10.8 Å². The van der Waals surface area contributed by atoms with Crippen molar-refractivity contribution in [3.8, 4) is 0 Å². The monoisotopic (exact) mass is 517 g/mol. The van der Waals surface area contributed by atoms with Crippen molar-refractivity contribution in [2.75, 3.05) is 24.1 Å². The SMILES string of the molecule is CC(C)N1CCC(Cc2nc(CNc3ncnc(N)c3C(=N)c3cn[nH]c3)cc3cccc(Cl)c23)CC1. The number of hydrogen-bond donors (Lipinski definition) is 4. The van der Waals surface area contributed by atoms with E-state index in [1.807, 2.05) is 12.1 Å². The van der Waals surface area contributed by atoms with Gasteiger partial charge in [-0.3, -0.25) is 15.5 Å². The van der Waals surface area contributed by atoms with Crippen LogP contribution in [-0.2, 0) is 13.0 Å². The first kappa shape index (κ1) is 25.1. The lowest BCUT2D eigenvalue weighted by Crippen LogP contribution is -2.38. The molecule has 37 heavy (non-hydrogen) atoms. The van der Waals surface area contributed by atoms with Crippen LogP contribution in [0, 0.1) is 11.3 Å². The van der Waals surface area contributed by atoms with Crippen molar-refractivity contribution >= 4 is 39.7 Å². The third-order valence-corrected chi connectivity index (χ3v) is 7.46. The van der Waals surface area contributed by atoms with E-state index in [0.29, 0.717) is 35.4 Å². The number of hydrogen-bond acceptors (Lipinski definition) is 8. The summed E-state index contributed by atoms with van der Waals surface area (Å²) < 4.78 is 0. The van der Waals surface area contributed by atoms with Crippen molar-refractivity contribution < 1.29 is 0 Å². The molecule has 5 N–H and O–H groups in total. The fourth-order valence-electron chi connectivity index (χ4n) is 5.08. The van der Waals surface area contributed by atoms with Gasteiger partial charge >= 0.3 is 0 Å². The highest BCUT2D eigenvalue weighted by Crippen LogP contribution is 2.31. The quantitative estimate of drug-likeness (QED) is 0.249. The third-order valence-electron chi connectivity index (χ3n) is 7.15. The molecule has 10 heteroatoms. The number of anilines is 2. The Morgan fingerprint density at radius 1 is 1.27 bits per heavy atom. The van der Waals surface area contributed by atoms with Gasteiger partial charge in [-0.1, -0.05) is 23.7 Å². The van der Waals surface area contributed by atoms with Crippen molar-refractivity contribution in [3.63, 3.8) is 0 Å². The molecule has 1 aliphatic rings. The molecule has 0 atom stereocenters. The molecule has 0 bridgehead atoms. The summed E-state index contributed by atoms with van der Waals surface area (Å²) in [5, 5.41) is 21.5. The number of likely N-dealkylation sites (tertiary alicyclic amines) is 1. The lowest BCUT2D eigenvalue weighted by Gasteiger charge is -2.34. The van der Waals surface area contributed by atoms with Crippen LogP contribution in [0.3, 0.4) is 0 Å². The highest BCUT2D eigenvalue weighted by Gasteiger charge is 2.23. The Labute approximate surface area is 221 Å². The molecule has 0 unspecified atom stereocenters. The largest absolute Gasteiger partial charge is 0.383 e. The van der Waals surface area contributed by atoms with Crippen LogP contribution in [0.1, 0.15) is 49.2 Å². The van der Waals surface area contributed by atoms with Crippen LogP contribution in [0.4, 0.5) is 11.6 Å². The fourth-order valence-corrected chi connectivity index (χ4v) is 5.37. The van der Waals surface area contributed by atoms with Gasteiger partial charge in [-0.05, 0) is 69.6 Å². The van der Waals surface area contributed by atoms with Crippen molar-refractivity contribution in [3.05, 3.63) is 70.5 Å². The molecule has 1 aliphatic heterocycles. The minimum Gasteiger partial charge on any atom is -0.383 e. The molecule has 0 spiro atoms. The van der Waals surface area contributed by atoms with E-state index in [1.165, 1.54) is 6.33 Å². The fraction of sp³-hybridized carbons (Fsp3) is 0.370. The van der Waals surface area contributed by atoms with Crippen molar-refractivity contribution in [2.24, 2.45) is 5.92 Å². The second-order valence-corrected chi connectivity index (χ2v) is 10.3. The zero-order valence-electron chi connectivity index (χ0n) is 21.1. The highest BCUT2D eigenvalue weighted by molar-refractivity contribution is 6.35. The minimum atomic E-state index is 0.195. The minimum absolute atomic E-state index is 0.195. The Hall–Kier alpha value is -3.56. The average Bonchev–Trinajstić information content (AvgIpc) is 3.43. The summed E-state index contributed by atoms with van der Waals surface area (Å²) in [6.07, 6.45) is 7.83. The summed E-state index contributed by atoms with van der Waals surface area (Å²) >= 11 is 6.67. The Morgan fingerprint density at radius 3 is 2.81 bits per heavy atom. The third kappa shape index (κ3) is 5.42. The van der Waals surface area contributed by atoms with E-state index in [2.05, 4.69) is 56.4 Å². The second kappa shape index (κ2) is 10.8. The van der Waals surface area contributed by atoms with E-state index in [-0.39, 0.29) is 11.5 Å². The summed E-state index contributed by atoms with van der Waals surface area (Å²) in [4.78, 5) is 16.1. The van der Waals surface area contributed by atoms with Crippen LogP contribution in [0.2, 0.25) is 5.02 Å². The van der Waals surface area contributed by atoms with Gasteiger partial charge in [-0.25, -0.2) is 9.97 Å². The Balaban J connectivity index is 1.40. The molecular weight excluding hydrogens is 486 g/mol. The number of aromatic nitrogens is 5. The molecule has 4 aromatic rings. The number of nitrogens with two attached hydrogens (primary N) is 1. The smallest absolute Gasteiger partial charge is 0.141 e.